The van der Waals surface area contributed by atoms with Crippen molar-refractivity contribution in [3.05, 3.63) is 59.7 Å². The monoisotopic (exact) mass is 415 g/mol. The maximum atomic E-state index is 9.53. The molecule has 2 nitrogen and oxygen atoms in total. The van der Waals surface area contributed by atoms with E-state index in [1.165, 1.54) is 74.7 Å². The van der Waals surface area contributed by atoms with Crippen LogP contribution in [0.5, 0.6) is 0 Å². The number of anilines is 2. The van der Waals surface area contributed by atoms with E-state index in [4.69, 9.17) is 0 Å². The van der Waals surface area contributed by atoms with Crippen molar-refractivity contribution >= 4 is 11.4 Å². The maximum absolute atomic E-state index is 9.53. The van der Waals surface area contributed by atoms with Gasteiger partial charge in [-0.2, -0.15) is 0 Å². The number of nitrogens with zero attached hydrogens (tertiary/aromatic N) is 2. The van der Waals surface area contributed by atoms with Crippen molar-refractivity contribution in [1.82, 2.24) is 0 Å². The Balaban J connectivity index is 1.55. The summed E-state index contributed by atoms with van der Waals surface area (Å²) in [5.41, 5.74) is 5.69. The molecule has 4 atom stereocenters. The molecule has 1 saturated heterocycles. The number of rotatable bonds is 3. The van der Waals surface area contributed by atoms with E-state index in [2.05, 4.69) is 72.2 Å². The van der Waals surface area contributed by atoms with Crippen molar-refractivity contribution in [2.45, 2.75) is 89.1 Å². The molecule has 0 amide bonds. The van der Waals surface area contributed by atoms with Gasteiger partial charge in [-0.05, 0) is 74.6 Å². The van der Waals surface area contributed by atoms with Crippen LogP contribution < -0.4 is 9.80 Å². The molecule has 164 valence electrons. The third-order valence-corrected chi connectivity index (χ3v) is 9.29. The number of benzene rings is 2. The third-order valence-electron chi connectivity index (χ3n) is 9.29. The van der Waals surface area contributed by atoms with Crippen molar-refractivity contribution in [3.63, 3.8) is 0 Å². The number of aryl methyl sites for hydroxylation is 1. The molecule has 2 aliphatic carbocycles. The van der Waals surface area contributed by atoms with Gasteiger partial charge in [-0.1, -0.05) is 68.5 Å². The molecule has 2 aromatic rings. The lowest BCUT2D eigenvalue weighted by Gasteiger charge is -2.50. The summed E-state index contributed by atoms with van der Waals surface area (Å²) in [5, 5.41) is 0. The van der Waals surface area contributed by atoms with Crippen LogP contribution in [0.15, 0.2) is 48.5 Å². The van der Waals surface area contributed by atoms with E-state index in [9.17, 15) is 1.37 Å². The lowest BCUT2D eigenvalue weighted by Crippen LogP contribution is -2.56. The summed E-state index contributed by atoms with van der Waals surface area (Å²) in [4.78, 5) is 4.97. The first kappa shape index (κ1) is 18.6. The fourth-order valence-electron chi connectivity index (χ4n) is 8.14. The zero-order chi connectivity index (χ0) is 21.9. The molecule has 3 fully saturated rings. The molecule has 31 heavy (non-hydrogen) atoms. The summed E-state index contributed by atoms with van der Waals surface area (Å²) in [7, 11) is 0. The lowest BCUT2D eigenvalue weighted by molar-refractivity contribution is 0.106. The molecule has 3 unspecified atom stereocenters. The van der Waals surface area contributed by atoms with Crippen molar-refractivity contribution in [3.8, 4) is 0 Å². The second-order valence-electron chi connectivity index (χ2n) is 10.7. The quantitative estimate of drug-likeness (QED) is 0.529. The van der Waals surface area contributed by atoms with Crippen LogP contribution >= 0.6 is 0 Å². The highest BCUT2D eigenvalue weighted by Crippen LogP contribution is 2.62. The average molecular weight is 416 g/mol. The molecule has 6 rings (SSSR count). The second kappa shape index (κ2) is 7.57. The minimum Gasteiger partial charge on any atom is -0.349 e. The molecule has 0 bridgehead atoms. The van der Waals surface area contributed by atoms with Gasteiger partial charge < -0.3 is 9.80 Å². The molecule has 2 aliphatic heterocycles. The van der Waals surface area contributed by atoms with Gasteiger partial charge in [0.1, 0.15) is 0 Å². The van der Waals surface area contributed by atoms with Gasteiger partial charge in [0.25, 0.3) is 0 Å². The highest BCUT2D eigenvalue weighted by atomic mass is 15.4. The van der Waals surface area contributed by atoms with Crippen LogP contribution in [-0.2, 0) is 5.41 Å². The van der Waals surface area contributed by atoms with E-state index in [1.807, 2.05) is 0 Å². The van der Waals surface area contributed by atoms with Gasteiger partial charge in [0.15, 0.2) is 0 Å². The van der Waals surface area contributed by atoms with E-state index in [-0.39, 0.29) is 12.1 Å². The van der Waals surface area contributed by atoms with Gasteiger partial charge in [0.2, 0.25) is 0 Å². The van der Waals surface area contributed by atoms with Crippen molar-refractivity contribution < 1.29 is 1.37 Å². The molecule has 2 saturated carbocycles. The summed E-state index contributed by atoms with van der Waals surface area (Å²) in [6.07, 6.45) is 12.4. The summed E-state index contributed by atoms with van der Waals surface area (Å²) in [6, 6.07) is 18.7. The Labute approximate surface area is 190 Å². The van der Waals surface area contributed by atoms with Gasteiger partial charge in [0, 0.05) is 22.8 Å². The molecule has 4 aliphatic rings. The fraction of sp³-hybridized carbons (Fsp3) is 0.586. The van der Waals surface area contributed by atoms with E-state index in [0.717, 1.165) is 11.8 Å². The highest BCUT2D eigenvalue weighted by molar-refractivity contribution is 5.71. The Bertz CT molecular complexity index is 977. The molecule has 2 heterocycles. The first-order valence-electron chi connectivity index (χ1n) is 13.4. The van der Waals surface area contributed by atoms with Crippen molar-refractivity contribution in [2.75, 3.05) is 16.4 Å². The van der Waals surface area contributed by atoms with Crippen LogP contribution in [0.4, 0.5) is 11.4 Å². The average Bonchev–Trinajstić information content (AvgIpc) is 3.51. The molecule has 0 aromatic heterocycles. The zero-order valence-corrected chi connectivity index (χ0v) is 19.3. The van der Waals surface area contributed by atoms with Gasteiger partial charge in [-0.3, -0.25) is 0 Å². The first-order valence-corrected chi connectivity index (χ1v) is 12.8. The number of hydrogen-bond donors (Lipinski definition) is 0. The molecule has 2 aromatic carbocycles. The molecule has 2 heteroatoms. The molecule has 0 spiro atoms. The Morgan fingerprint density at radius 3 is 2.03 bits per heavy atom. The SMILES string of the molecule is [2H]C1N2c3ccccc3C(C3CCCCC3)(C3CCCC3)C2[C@H](C)N1c1ccccc1C. The predicted octanol–water partition coefficient (Wildman–Crippen LogP) is 7.06. The number of fused-ring (bicyclic) bond motifs is 3. The van der Waals surface area contributed by atoms with Crippen molar-refractivity contribution in [2.24, 2.45) is 11.8 Å². The Kier molecular flexibility index (Phi) is 4.54. The number of hydrogen-bond acceptors (Lipinski definition) is 2. The lowest BCUT2D eigenvalue weighted by atomic mass is 9.55. The van der Waals surface area contributed by atoms with E-state index in [1.54, 1.807) is 5.56 Å². The summed E-state index contributed by atoms with van der Waals surface area (Å²) < 4.78 is 9.53. The van der Waals surface area contributed by atoms with Crippen LogP contribution in [0.1, 0.15) is 77.2 Å². The van der Waals surface area contributed by atoms with E-state index < -0.39 is 0 Å². The maximum Gasteiger partial charge on any atom is 0.0910 e. The first-order chi connectivity index (χ1) is 15.7. The van der Waals surface area contributed by atoms with Crippen LogP contribution in [0.25, 0.3) is 0 Å². The molecule has 0 N–H and O–H groups in total. The zero-order valence-electron chi connectivity index (χ0n) is 20.3. The van der Waals surface area contributed by atoms with E-state index >= 15 is 0 Å². The second-order valence-corrected chi connectivity index (χ2v) is 10.7. The topological polar surface area (TPSA) is 6.48 Å². The van der Waals surface area contributed by atoms with Crippen LogP contribution in [0.3, 0.4) is 0 Å². The van der Waals surface area contributed by atoms with Crippen LogP contribution in [0, 0.1) is 18.8 Å². The Morgan fingerprint density at radius 2 is 1.35 bits per heavy atom. The molecular formula is C29H38N2. The van der Waals surface area contributed by atoms with Gasteiger partial charge in [-0.25, -0.2) is 0 Å². The minimum absolute atomic E-state index is 0.198. The van der Waals surface area contributed by atoms with Gasteiger partial charge in [0.05, 0.1) is 14.1 Å². The summed E-state index contributed by atoms with van der Waals surface area (Å²) >= 11 is 0. The van der Waals surface area contributed by atoms with Crippen molar-refractivity contribution in [1.29, 1.82) is 0 Å². The number of para-hydroxylation sites is 2. The molecule has 0 radical (unpaired) electrons. The smallest absolute Gasteiger partial charge is 0.0910 e. The van der Waals surface area contributed by atoms with Gasteiger partial charge in [-0.15, -0.1) is 0 Å². The normalized spacial score (nSPS) is 34.1. The largest absolute Gasteiger partial charge is 0.349 e. The summed E-state index contributed by atoms with van der Waals surface area (Å²) in [6.45, 7) is 4.28. The Morgan fingerprint density at radius 1 is 0.774 bits per heavy atom. The van der Waals surface area contributed by atoms with E-state index in [0.29, 0.717) is 12.1 Å². The Hall–Kier alpha value is -1.96. The van der Waals surface area contributed by atoms with Gasteiger partial charge >= 0.3 is 0 Å². The highest BCUT2D eigenvalue weighted by Gasteiger charge is 2.63. The standard InChI is InChI=1S/C29H38N2/c1-21-12-6-10-18-26(21)30-20-31-27-19-11-9-17-25(27)29(28(31)22(30)2,24-15-7-8-16-24)23-13-4-3-5-14-23/h6,9-12,17-19,22-24,28H,3-5,7-8,13-16,20H2,1-2H3/t22-,28?,29?/m0/s1/i20D/t20?,22-,28?,29?. The third kappa shape index (κ3) is 2.76. The molecular weight excluding hydrogens is 376 g/mol. The van der Waals surface area contributed by atoms with Crippen LogP contribution in [-0.4, -0.2) is 18.7 Å². The fourth-order valence-corrected chi connectivity index (χ4v) is 8.14. The summed E-state index contributed by atoms with van der Waals surface area (Å²) in [5.74, 6) is 1.51. The minimum atomic E-state index is -0.357. The van der Waals surface area contributed by atoms with Crippen LogP contribution in [0.2, 0.25) is 0 Å². The predicted molar refractivity (Wildman–Crippen MR) is 131 cm³/mol.